The average Bonchev–Trinajstić information content (AvgIpc) is 3.67. The van der Waals surface area contributed by atoms with Crippen molar-refractivity contribution in [3.05, 3.63) is 72.1 Å². The first-order valence-corrected chi connectivity index (χ1v) is 16.7. The number of ether oxygens (including phenoxy) is 2. The smallest absolute Gasteiger partial charge is 0.272 e. The van der Waals surface area contributed by atoms with E-state index in [2.05, 4.69) is 19.6 Å². The highest BCUT2D eigenvalue weighted by atomic mass is 16.5. The van der Waals surface area contributed by atoms with Gasteiger partial charge in [0.2, 0.25) is 5.91 Å². The number of amides is 2. The number of hydrogen-bond donors (Lipinski definition) is 1. The fourth-order valence-electron chi connectivity index (χ4n) is 7.67. The monoisotopic (exact) mass is 649 g/mol. The Morgan fingerprint density at radius 1 is 0.938 bits per heavy atom. The summed E-state index contributed by atoms with van der Waals surface area (Å²) in [6, 6.07) is 14.0. The van der Waals surface area contributed by atoms with Crippen molar-refractivity contribution < 1.29 is 19.1 Å². The zero-order valence-electron chi connectivity index (χ0n) is 28.3. The van der Waals surface area contributed by atoms with Gasteiger partial charge in [0.25, 0.3) is 5.91 Å². The molecule has 48 heavy (non-hydrogen) atoms. The molecule has 0 unspecified atom stereocenters. The van der Waals surface area contributed by atoms with Crippen LogP contribution in [0.25, 0.3) is 27.7 Å². The molecule has 1 aliphatic carbocycles. The molecular formula is C37H43N7O4. The molecule has 5 aromatic rings. The molecule has 0 atom stereocenters. The first-order valence-electron chi connectivity index (χ1n) is 16.7. The number of methoxy groups -OCH3 is 2. The largest absolute Gasteiger partial charge is 0.496 e. The molecule has 7 rings (SSSR count). The second kappa shape index (κ2) is 13.0. The zero-order chi connectivity index (χ0) is 33.5. The van der Waals surface area contributed by atoms with Crippen molar-refractivity contribution in [3.63, 3.8) is 0 Å². The van der Waals surface area contributed by atoms with Gasteiger partial charge >= 0.3 is 0 Å². The number of aromatic nitrogens is 4. The van der Waals surface area contributed by atoms with Crippen LogP contribution < -0.4 is 14.8 Å². The minimum absolute atomic E-state index is 0.171. The molecule has 0 bridgehead atoms. The lowest BCUT2D eigenvalue weighted by Gasteiger charge is -2.41. The van der Waals surface area contributed by atoms with Crippen LogP contribution in [0.3, 0.4) is 0 Å². The summed E-state index contributed by atoms with van der Waals surface area (Å²) in [4.78, 5) is 39.7. The van der Waals surface area contributed by atoms with E-state index in [1.54, 1.807) is 21.1 Å². The summed E-state index contributed by atoms with van der Waals surface area (Å²) in [7, 11) is 5.11. The summed E-state index contributed by atoms with van der Waals surface area (Å²) in [6.07, 6.45) is 8.22. The number of aryl methyl sites for hydroxylation is 2. The lowest BCUT2D eigenvalue weighted by atomic mass is 9.84. The predicted octanol–water partition coefficient (Wildman–Crippen LogP) is 5.66. The minimum atomic E-state index is -0.243. The van der Waals surface area contributed by atoms with Crippen LogP contribution in [-0.4, -0.2) is 87.0 Å². The molecule has 4 heterocycles. The van der Waals surface area contributed by atoms with Crippen molar-refractivity contribution >= 4 is 33.9 Å². The van der Waals surface area contributed by atoms with Gasteiger partial charge in [0.15, 0.2) is 0 Å². The Morgan fingerprint density at radius 3 is 2.40 bits per heavy atom. The van der Waals surface area contributed by atoms with Crippen LogP contribution in [0.1, 0.15) is 60.5 Å². The summed E-state index contributed by atoms with van der Waals surface area (Å²) in [6.45, 7) is 7.22. The Bertz CT molecular complexity index is 2000. The van der Waals surface area contributed by atoms with E-state index in [-0.39, 0.29) is 11.8 Å². The third kappa shape index (κ3) is 5.66. The molecule has 1 aliphatic heterocycles. The maximum absolute atomic E-state index is 13.5. The van der Waals surface area contributed by atoms with Gasteiger partial charge < -0.3 is 24.3 Å². The van der Waals surface area contributed by atoms with Crippen molar-refractivity contribution in [1.82, 2.24) is 28.7 Å². The number of imidazole rings is 1. The van der Waals surface area contributed by atoms with E-state index < -0.39 is 0 Å². The lowest BCUT2D eigenvalue weighted by Crippen LogP contribution is -2.52. The maximum Gasteiger partial charge on any atom is 0.272 e. The number of piperazine rings is 1. The molecule has 11 heteroatoms. The summed E-state index contributed by atoms with van der Waals surface area (Å²) in [5.74, 6) is 2.59. The first-order chi connectivity index (χ1) is 23.3. The van der Waals surface area contributed by atoms with E-state index in [0.717, 1.165) is 96.8 Å². The van der Waals surface area contributed by atoms with Gasteiger partial charge in [0.05, 0.1) is 42.3 Å². The topological polar surface area (TPSA) is 106 Å². The number of benzene rings is 2. The Hall–Kier alpha value is -4.90. The Balaban J connectivity index is 1.13. The van der Waals surface area contributed by atoms with Gasteiger partial charge in [0.1, 0.15) is 23.0 Å². The first kappa shape index (κ1) is 31.7. The van der Waals surface area contributed by atoms with Gasteiger partial charge in [-0.05, 0) is 62.9 Å². The molecular weight excluding hydrogens is 606 g/mol. The molecule has 1 saturated carbocycles. The molecule has 2 aromatic carbocycles. The van der Waals surface area contributed by atoms with E-state index in [4.69, 9.17) is 14.5 Å². The molecule has 2 amide bonds. The molecule has 1 saturated heterocycles. The number of nitrogens with one attached hydrogen (secondary N) is 1. The molecule has 3 aromatic heterocycles. The number of anilines is 1. The van der Waals surface area contributed by atoms with Crippen LogP contribution in [0, 0.1) is 6.92 Å². The van der Waals surface area contributed by atoms with Crippen LogP contribution in [-0.2, 0) is 11.8 Å². The van der Waals surface area contributed by atoms with Crippen LogP contribution in [0.5, 0.6) is 11.5 Å². The number of hydrogen-bond acceptors (Lipinski definition) is 7. The SMILES string of the molecule is COc1cc(-c2nc([C@H]3CC[C@H](N4CCN(C(C)=O)CC4)CC3)n3ccnc(C)c23)ccc1NC(=O)c1cc2c(OC)cccc2n1C. The van der Waals surface area contributed by atoms with Crippen LogP contribution in [0.15, 0.2) is 54.9 Å². The summed E-state index contributed by atoms with van der Waals surface area (Å²) >= 11 is 0. The van der Waals surface area contributed by atoms with Crippen LogP contribution >= 0.6 is 0 Å². The summed E-state index contributed by atoms with van der Waals surface area (Å²) < 4.78 is 15.4. The number of carbonyl (C=O) groups is 2. The van der Waals surface area contributed by atoms with E-state index in [0.29, 0.717) is 29.1 Å². The summed E-state index contributed by atoms with van der Waals surface area (Å²) in [5, 5.41) is 3.93. The van der Waals surface area contributed by atoms with Crippen LogP contribution in [0.2, 0.25) is 0 Å². The molecule has 1 N–H and O–H groups in total. The molecule has 0 spiro atoms. The number of rotatable bonds is 7. The Kier molecular flexibility index (Phi) is 8.55. The zero-order valence-corrected chi connectivity index (χ0v) is 28.3. The van der Waals surface area contributed by atoms with Crippen molar-refractivity contribution in [1.29, 1.82) is 0 Å². The second-order valence-electron chi connectivity index (χ2n) is 12.9. The van der Waals surface area contributed by atoms with Gasteiger partial charge in [-0.2, -0.15) is 0 Å². The molecule has 2 fully saturated rings. The van der Waals surface area contributed by atoms with Gasteiger partial charge in [-0.25, -0.2) is 4.98 Å². The number of fused-ring (bicyclic) bond motifs is 2. The Morgan fingerprint density at radius 2 is 1.69 bits per heavy atom. The molecule has 250 valence electrons. The predicted molar refractivity (Wildman–Crippen MR) is 186 cm³/mol. The fourth-order valence-corrected chi connectivity index (χ4v) is 7.67. The summed E-state index contributed by atoms with van der Waals surface area (Å²) in [5.41, 5.74) is 5.65. The van der Waals surface area contributed by atoms with Crippen molar-refractivity contribution in [2.24, 2.45) is 7.05 Å². The molecule has 11 nitrogen and oxygen atoms in total. The fraction of sp³-hybridized carbons (Fsp3) is 0.405. The number of carbonyl (C=O) groups excluding carboxylic acids is 2. The van der Waals surface area contributed by atoms with Crippen molar-refractivity contribution in [3.8, 4) is 22.8 Å². The standard InChI is InChI=1S/C37H43N7O4/c1-23-35-34(40-36(44(35)16-15-38-23)25-9-12-27(13-10-25)43-19-17-42(18-20-43)24(2)45)26-11-14-29(33(21-26)48-5)39-37(46)31-22-28-30(41(31)3)7-6-8-32(28)47-4/h6-8,11,14-16,21-22,25,27H,9-10,12-13,17-20H2,1-5H3,(H,39,46)/t25-,27-. The van der Waals surface area contributed by atoms with E-state index >= 15 is 0 Å². The van der Waals surface area contributed by atoms with E-state index in [9.17, 15) is 9.59 Å². The Labute approximate surface area is 280 Å². The highest BCUT2D eigenvalue weighted by molar-refractivity contribution is 6.08. The molecule has 2 aliphatic rings. The highest BCUT2D eigenvalue weighted by Gasteiger charge is 2.32. The third-order valence-electron chi connectivity index (χ3n) is 10.3. The number of nitrogens with zero attached hydrogens (tertiary/aromatic N) is 6. The second-order valence-corrected chi connectivity index (χ2v) is 12.9. The quantitative estimate of drug-likeness (QED) is 0.243. The highest BCUT2D eigenvalue weighted by Crippen LogP contribution is 2.39. The van der Waals surface area contributed by atoms with Crippen molar-refractivity contribution in [2.45, 2.75) is 51.5 Å². The third-order valence-corrected chi connectivity index (χ3v) is 10.3. The van der Waals surface area contributed by atoms with Gasteiger partial charge in [-0.3, -0.25) is 23.9 Å². The van der Waals surface area contributed by atoms with Gasteiger partial charge in [0, 0.05) is 75.5 Å². The molecule has 0 radical (unpaired) electrons. The van der Waals surface area contributed by atoms with E-state index in [1.807, 2.05) is 78.3 Å². The van der Waals surface area contributed by atoms with Crippen molar-refractivity contribution in [2.75, 3.05) is 45.7 Å². The van der Waals surface area contributed by atoms with Gasteiger partial charge in [-0.15, -0.1) is 0 Å². The van der Waals surface area contributed by atoms with E-state index in [1.165, 1.54) is 0 Å². The maximum atomic E-state index is 13.5. The van der Waals surface area contributed by atoms with Crippen LogP contribution in [0.4, 0.5) is 5.69 Å². The lowest BCUT2D eigenvalue weighted by molar-refractivity contribution is -0.131. The average molecular weight is 650 g/mol. The minimum Gasteiger partial charge on any atom is -0.496 e. The normalized spacial score (nSPS) is 18.7. The van der Waals surface area contributed by atoms with Gasteiger partial charge in [-0.1, -0.05) is 12.1 Å².